The first-order chi connectivity index (χ1) is 7.69. The van der Waals surface area contributed by atoms with Gasteiger partial charge in [-0.3, -0.25) is 16.3 Å². The molecule has 1 aromatic rings. The van der Waals surface area contributed by atoms with Crippen LogP contribution in [0.25, 0.3) is 0 Å². The van der Waals surface area contributed by atoms with Gasteiger partial charge in [0, 0.05) is 6.20 Å². The van der Waals surface area contributed by atoms with Gasteiger partial charge in [-0.1, -0.05) is 38.3 Å². The Bertz CT molecular complexity index is 317. The van der Waals surface area contributed by atoms with E-state index in [1.807, 2.05) is 12.1 Å². The molecular weight excluding hydrogens is 222 g/mol. The second-order valence-electron chi connectivity index (χ2n) is 4.22. The Kier molecular flexibility index (Phi) is 5.74. The first kappa shape index (κ1) is 13.4. The Balaban J connectivity index is 2.71. The van der Waals surface area contributed by atoms with Crippen molar-refractivity contribution in [3.05, 3.63) is 29.0 Å². The van der Waals surface area contributed by atoms with Crippen LogP contribution in [0, 0.1) is 5.92 Å². The van der Waals surface area contributed by atoms with Crippen LogP contribution in [-0.4, -0.2) is 4.98 Å². The van der Waals surface area contributed by atoms with Crippen LogP contribution in [0.2, 0.25) is 5.02 Å². The number of pyridine rings is 1. The largest absolute Gasteiger partial charge is 0.271 e. The van der Waals surface area contributed by atoms with Gasteiger partial charge in [0.1, 0.15) is 0 Å². The van der Waals surface area contributed by atoms with Gasteiger partial charge in [0.15, 0.2) is 0 Å². The highest BCUT2D eigenvalue weighted by atomic mass is 35.5. The average molecular weight is 242 g/mol. The molecule has 0 aliphatic carbocycles. The monoisotopic (exact) mass is 241 g/mol. The lowest BCUT2D eigenvalue weighted by molar-refractivity contribution is 0.389. The van der Waals surface area contributed by atoms with Crippen molar-refractivity contribution in [2.75, 3.05) is 0 Å². The molecule has 0 aromatic carbocycles. The van der Waals surface area contributed by atoms with E-state index in [0.29, 0.717) is 10.9 Å². The molecule has 0 aliphatic heterocycles. The lowest BCUT2D eigenvalue weighted by atomic mass is 9.95. The number of rotatable bonds is 6. The Morgan fingerprint density at radius 2 is 2.31 bits per heavy atom. The molecular formula is C12H20ClN3. The molecule has 2 atom stereocenters. The van der Waals surface area contributed by atoms with Crippen LogP contribution in [0.15, 0.2) is 18.3 Å². The molecule has 1 heterocycles. The van der Waals surface area contributed by atoms with Crippen molar-refractivity contribution < 1.29 is 0 Å². The molecule has 0 fully saturated rings. The van der Waals surface area contributed by atoms with E-state index in [1.54, 1.807) is 6.20 Å². The Morgan fingerprint density at radius 1 is 1.56 bits per heavy atom. The summed E-state index contributed by atoms with van der Waals surface area (Å²) in [5.74, 6) is 6.18. The second kappa shape index (κ2) is 6.84. The quantitative estimate of drug-likeness (QED) is 0.595. The minimum Gasteiger partial charge on any atom is -0.271 e. The van der Waals surface area contributed by atoms with Crippen molar-refractivity contribution in [1.82, 2.24) is 10.4 Å². The highest BCUT2D eigenvalue weighted by molar-refractivity contribution is 6.31. The number of halogens is 1. The van der Waals surface area contributed by atoms with Crippen LogP contribution < -0.4 is 11.3 Å². The molecule has 0 saturated carbocycles. The number of nitrogens with zero attached hydrogens (tertiary/aromatic N) is 1. The molecule has 0 spiro atoms. The van der Waals surface area contributed by atoms with Gasteiger partial charge < -0.3 is 0 Å². The van der Waals surface area contributed by atoms with Crippen LogP contribution in [0.3, 0.4) is 0 Å². The molecule has 2 unspecified atom stereocenters. The summed E-state index contributed by atoms with van der Waals surface area (Å²) in [5, 5.41) is 0.675. The lowest BCUT2D eigenvalue weighted by Gasteiger charge is -2.20. The standard InChI is InChI=1S/C12H20ClN3/c1-3-5-9(2)8-11(16-14)12-10(13)6-4-7-15-12/h4,6-7,9,11,16H,3,5,8,14H2,1-2H3. The number of hydrogen-bond donors (Lipinski definition) is 2. The zero-order chi connectivity index (χ0) is 12.0. The minimum atomic E-state index is 0.0373. The summed E-state index contributed by atoms with van der Waals surface area (Å²) in [7, 11) is 0. The van der Waals surface area contributed by atoms with Crippen LogP contribution in [0.1, 0.15) is 44.8 Å². The Hall–Kier alpha value is -0.640. The van der Waals surface area contributed by atoms with Crippen LogP contribution in [-0.2, 0) is 0 Å². The summed E-state index contributed by atoms with van der Waals surface area (Å²) < 4.78 is 0. The zero-order valence-corrected chi connectivity index (χ0v) is 10.7. The number of nitrogens with one attached hydrogen (secondary N) is 1. The molecule has 1 aromatic heterocycles. The molecule has 3 N–H and O–H groups in total. The number of nitrogens with two attached hydrogens (primary N) is 1. The third-order valence-corrected chi connectivity index (χ3v) is 3.06. The summed E-state index contributed by atoms with van der Waals surface area (Å²) in [4.78, 5) is 4.29. The highest BCUT2D eigenvalue weighted by Crippen LogP contribution is 2.26. The van der Waals surface area contributed by atoms with Crippen molar-refractivity contribution in [3.63, 3.8) is 0 Å². The molecule has 0 aliphatic rings. The van der Waals surface area contributed by atoms with E-state index in [0.717, 1.165) is 12.1 Å². The summed E-state index contributed by atoms with van der Waals surface area (Å²) in [5.41, 5.74) is 3.64. The van der Waals surface area contributed by atoms with Gasteiger partial charge in [0.05, 0.1) is 16.8 Å². The van der Waals surface area contributed by atoms with Crippen molar-refractivity contribution in [2.45, 2.75) is 39.2 Å². The minimum absolute atomic E-state index is 0.0373. The molecule has 0 saturated heterocycles. The van der Waals surface area contributed by atoms with E-state index in [2.05, 4.69) is 24.3 Å². The van der Waals surface area contributed by atoms with Gasteiger partial charge in [-0.05, 0) is 24.5 Å². The Labute approximate surface area is 102 Å². The van der Waals surface area contributed by atoms with E-state index in [-0.39, 0.29) is 6.04 Å². The maximum Gasteiger partial charge on any atom is 0.0772 e. The lowest BCUT2D eigenvalue weighted by Crippen LogP contribution is -2.30. The van der Waals surface area contributed by atoms with E-state index in [1.165, 1.54) is 12.8 Å². The molecule has 0 bridgehead atoms. The van der Waals surface area contributed by atoms with Gasteiger partial charge in [-0.2, -0.15) is 0 Å². The fraction of sp³-hybridized carbons (Fsp3) is 0.583. The summed E-state index contributed by atoms with van der Waals surface area (Å²) in [6.45, 7) is 4.42. The maximum absolute atomic E-state index is 6.10. The van der Waals surface area contributed by atoms with E-state index >= 15 is 0 Å². The fourth-order valence-electron chi connectivity index (χ4n) is 1.93. The van der Waals surface area contributed by atoms with E-state index < -0.39 is 0 Å². The van der Waals surface area contributed by atoms with Gasteiger partial charge in [-0.25, -0.2) is 0 Å². The van der Waals surface area contributed by atoms with Crippen LogP contribution >= 0.6 is 11.6 Å². The second-order valence-corrected chi connectivity index (χ2v) is 4.63. The normalized spacial score (nSPS) is 14.8. The van der Waals surface area contributed by atoms with Crippen LogP contribution in [0.5, 0.6) is 0 Å². The van der Waals surface area contributed by atoms with Gasteiger partial charge in [-0.15, -0.1) is 0 Å². The SMILES string of the molecule is CCCC(C)CC(NN)c1ncccc1Cl. The molecule has 16 heavy (non-hydrogen) atoms. The van der Waals surface area contributed by atoms with Crippen molar-refractivity contribution >= 4 is 11.6 Å². The van der Waals surface area contributed by atoms with Crippen LogP contribution in [0.4, 0.5) is 0 Å². The van der Waals surface area contributed by atoms with Gasteiger partial charge in [0.25, 0.3) is 0 Å². The third kappa shape index (κ3) is 3.74. The number of aromatic nitrogens is 1. The average Bonchev–Trinajstić information content (AvgIpc) is 2.27. The van der Waals surface area contributed by atoms with Gasteiger partial charge >= 0.3 is 0 Å². The van der Waals surface area contributed by atoms with Crippen molar-refractivity contribution in [3.8, 4) is 0 Å². The maximum atomic E-state index is 6.10. The van der Waals surface area contributed by atoms with E-state index in [4.69, 9.17) is 17.4 Å². The first-order valence-corrected chi connectivity index (χ1v) is 6.13. The Morgan fingerprint density at radius 3 is 2.88 bits per heavy atom. The van der Waals surface area contributed by atoms with E-state index in [9.17, 15) is 0 Å². The predicted octanol–water partition coefficient (Wildman–Crippen LogP) is 3.07. The fourth-order valence-corrected chi connectivity index (χ4v) is 2.18. The highest BCUT2D eigenvalue weighted by Gasteiger charge is 2.17. The molecule has 0 radical (unpaired) electrons. The summed E-state index contributed by atoms with van der Waals surface area (Å²) >= 11 is 6.10. The third-order valence-electron chi connectivity index (χ3n) is 2.74. The zero-order valence-electron chi connectivity index (χ0n) is 9.91. The van der Waals surface area contributed by atoms with Crippen molar-refractivity contribution in [2.24, 2.45) is 11.8 Å². The smallest absolute Gasteiger partial charge is 0.0772 e. The summed E-state index contributed by atoms with van der Waals surface area (Å²) in [6, 6.07) is 3.71. The molecule has 4 heteroatoms. The topological polar surface area (TPSA) is 50.9 Å². The number of hydrogen-bond acceptors (Lipinski definition) is 3. The summed E-state index contributed by atoms with van der Waals surface area (Å²) in [6.07, 6.45) is 5.09. The molecule has 1 rings (SSSR count). The molecule has 0 amide bonds. The predicted molar refractivity (Wildman–Crippen MR) is 68.0 cm³/mol. The van der Waals surface area contributed by atoms with Crippen molar-refractivity contribution in [1.29, 1.82) is 0 Å². The molecule has 3 nitrogen and oxygen atoms in total. The number of hydrazine groups is 1. The first-order valence-electron chi connectivity index (χ1n) is 5.75. The van der Waals surface area contributed by atoms with Gasteiger partial charge in [0.2, 0.25) is 0 Å². The molecule has 90 valence electrons.